The molecule has 0 saturated carbocycles. The minimum atomic E-state index is -4.51. The number of nitrogens with one attached hydrogen (secondary N) is 2. The molecule has 1 aromatic heterocycles. The van der Waals surface area contributed by atoms with Gasteiger partial charge >= 0.3 is 12.3 Å². The number of benzene rings is 2. The van der Waals surface area contributed by atoms with Gasteiger partial charge in [0.1, 0.15) is 6.04 Å². The highest BCUT2D eigenvalue weighted by Gasteiger charge is 2.31. The normalized spacial score (nSPS) is 12.9. The van der Waals surface area contributed by atoms with Gasteiger partial charge in [-0.05, 0) is 54.8 Å². The number of anilines is 1. The molecule has 0 saturated heterocycles. The van der Waals surface area contributed by atoms with Crippen molar-refractivity contribution in [3.63, 3.8) is 0 Å². The molecule has 2 N–H and O–H groups in total. The average Bonchev–Trinajstić information content (AvgIpc) is 3.15. The van der Waals surface area contributed by atoms with Gasteiger partial charge in [-0.15, -0.1) is 0 Å². The van der Waals surface area contributed by atoms with Gasteiger partial charge in [-0.25, -0.2) is 17.9 Å². The fourth-order valence-electron chi connectivity index (χ4n) is 2.96. The zero-order valence-electron chi connectivity index (χ0n) is 16.8. The van der Waals surface area contributed by atoms with E-state index >= 15 is 0 Å². The highest BCUT2D eigenvalue weighted by Crippen LogP contribution is 2.32. The Bertz CT molecular complexity index is 1270. The van der Waals surface area contributed by atoms with Crippen LogP contribution in [0.4, 0.5) is 23.7 Å². The van der Waals surface area contributed by atoms with Gasteiger partial charge in [0.05, 0.1) is 17.6 Å². The predicted octanol–water partition coefficient (Wildman–Crippen LogP) is 3.90. The Hall–Kier alpha value is -3.54. The van der Waals surface area contributed by atoms with Crippen LogP contribution in [-0.4, -0.2) is 32.1 Å². The molecule has 12 heteroatoms. The zero-order valence-corrected chi connectivity index (χ0v) is 17.6. The van der Waals surface area contributed by atoms with Crippen LogP contribution < -0.4 is 10.0 Å². The molecule has 0 spiro atoms. The number of halogens is 3. The van der Waals surface area contributed by atoms with E-state index < -0.39 is 39.8 Å². The molecule has 1 atom stereocenters. The first-order valence-electron chi connectivity index (χ1n) is 9.12. The molecular weight excluding hydrogens is 451 g/mol. The number of carbonyl (C=O) groups is 2. The van der Waals surface area contributed by atoms with Crippen molar-refractivity contribution in [2.75, 3.05) is 12.4 Å². The van der Waals surface area contributed by atoms with Crippen LogP contribution in [0.1, 0.15) is 18.5 Å². The van der Waals surface area contributed by atoms with Crippen LogP contribution in [0.25, 0.3) is 10.9 Å². The molecule has 1 heterocycles. The number of fused-ring (bicyclic) bond motifs is 1. The molecule has 0 bridgehead atoms. The lowest BCUT2D eigenvalue weighted by atomic mass is 10.1. The molecule has 3 aromatic rings. The van der Waals surface area contributed by atoms with Crippen molar-refractivity contribution in [3.8, 4) is 0 Å². The SMILES string of the molecule is COC(=O)NS(=O)(=O)c1ccc(NC(=O)C(C)n2ccc3ccc(C(F)(F)F)cc32)cc1. The van der Waals surface area contributed by atoms with Gasteiger partial charge in [-0.1, -0.05) is 6.07 Å². The first-order valence-corrected chi connectivity index (χ1v) is 10.6. The molecular formula is C20H18F3N3O5S. The molecule has 1 unspecified atom stereocenters. The number of hydrogen-bond acceptors (Lipinski definition) is 5. The van der Waals surface area contributed by atoms with Crippen molar-refractivity contribution >= 4 is 38.6 Å². The number of carbonyl (C=O) groups excluding carboxylic acids is 2. The van der Waals surface area contributed by atoms with Gasteiger partial charge < -0.3 is 14.6 Å². The first kappa shape index (κ1) is 23.1. The number of amides is 2. The Morgan fingerprint density at radius 2 is 1.72 bits per heavy atom. The number of hydrogen-bond donors (Lipinski definition) is 2. The second-order valence-corrected chi connectivity index (χ2v) is 8.46. The third-order valence-electron chi connectivity index (χ3n) is 4.68. The molecule has 2 amide bonds. The Morgan fingerprint density at radius 1 is 1.06 bits per heavy atom. The van der Waals surface area contributed by atoms with Crippen molar-refractivity contribution in [3.05, 3.63) is 60.3 Å². The molecule has 170 valence electrons. The van der Waals surface area contributed by atoms with E-state index in [4.69, 9.17) is 0 Å². The predicted molar refractivity (Wildman–Crippen MR) is 109 cm³/mol. The topological polar surface area (TPSA) is 106 Å². The summed E-state index contributed by atoms with van der Waals surface area (Å²) in [6, 6.07) is 9.00. The Balaban J connectivity index is 1.78. The van der Waals surface area contributed by atoms with Crippen LogP contribution in [0.15, 0.2) is 59.6 Å². The number of methoxy groups -OCH3 is 1. The molecule has 0 aliphatic rings. The monoisotopic (exact) mass is 469 g/mol. The van der Waals surface area contributed by atoms with E-state index in [1.807, 2.05) is 0 Å². The summed E-state index contributed by atoms with van der Waals surface area (Å²) < 4.78 is 70.6. The van der Waals surface area contributed by atoms with Crippen LogP contribution in [0.3, 0.4) is 0 Å². The van der Waals surface area contributed by atoms with Gasteiger partial charge in [-0.3, -0.25) is 4.79 Å². The highest BCUT2D eigenvalue weighted by atomic mass is 32.2. The van der Waals surface area contributed by atoms with E-state index in [1.165, 1.54) is 48.0 Å². The lowest BCUT2D eigenvalue weighted by Gasteiger charge is -2.16. The maximum Gasteiger partial charge on any atom is 0.420 e. The largest absolute Gasteiger partial charge is 0.452 e. The molecule has 3 rings (SSSR count). The average molecular weight is 469 g/mol. The van der Waals surface area contributed by atoms with E-state index in [1.54, 1.807) is 10.8 Å². The van der Waals surface area contributed by atoms with Gasteiger partial charge in [0.25, 0.3) is 10.0 Å². The van der Waals surface area contributed by atoms with E-state index in [0.717, 1.165) is 19.2 Å². The smallest absolute Gasteiger partial charge is 0.420 e. The second-order valence-electron chi connectivity index (χ2n) is 6.78. The van der Waals surface area contributed by atoms with Crippen LogP contribution in [0.5, 0.6) is 0 Å². The maximum absolute atomic E-state index is 13.0. The summed E-state index contributed by atoms with van der Waals surface area (Å²) in [4.78, 5) is 23.6. The standard InChI is InChI=1S/C20H18F3N3O5S/c1-12(26-10-9-13-3-4-14(11-17(13)26)20(21,22)23)18(27)24-15-5-7-16(8-6-15)32(29,30)25-19(28)31-2/h3-12H,1-2H3,(H,24,27)(H,25,28). The third kappa shape index (κ3) is 4.85. The Kier molecular flexibility index (Phi) is 6.17. The number of ether oxygens (including phenoxy) is 1. The molecule has 2 aromatic carbocycles. The number of nitrogens with zero attached hydrogens (tertiary/aromatic N) is 1. The summed E-state index contributed by atoms with van der Waals surface area (Å²) in [5, 5.41) is 3.13. The summed E-state index contributed by atoms with van der Waals surface area (Å²) in [5.41, 5.74) is -0.320. The number of rotatable bonds is 5. The fraction of sp³-hybridized carbons (Fsp3) is 0.200. The van der Waals surface area contributed by atoms with Crippen molar-refractivity contribution in [1.82, 2.24) is 9.29 Å². The zero-order chi connectivity index (χ0) is 23.7. The highest BCUT2D eigenvalue weighted by molar-refractivity contribution is 7.90. The molecule has 0 radical (unpaired) electrons. The Morgan fingerprint density at radius 3 is 2.31 bits per heavy atom. The second kappa shape index (κ2) is 8.54. The van der Waals surface area contributed by atoms with Crippen molar-refractivity contribution < 1.29 is 35.9 Å². The summed E-state index contributed by atoms with van der Waals surface area (Å²) in [6.45, 7) is 1.52. The molecule has 32 heavy (non-hydrogen) atoms. The quantitative estimate of drug-likeness (QED) is 0.590. The number of aromatic nitrogens is 1. The van der Waals surface area contributed by atoms with E-state index in [0.29, 0.717) is 5.39 Å². The van der Waals surface area contributed by atoms with Crippen LogP contribution >= 0.6 is 0 Å². The summed E-state index contributed by atoms with van der Waals surface area (Å²) in [5.74, 6) is -0.525. The van der Waals surface area contributed by atoms with Crippen LogP contribution in [0, 0.1) is 0 Å². The molecule has 0 fully saturated rings. The minimum absolute atomic E-state index is 0.231. The van der Waals surface area contributed by atoms with E-state index in [-0.39, 0.29) is 16.1 Å². The van der Waals surface area contributed by atoms with Crippen molar-refractivity contribution in [2.24, 2.45) is 0 Å². The fourth-order valence-corrected chi connectivity index (χ4v) is 3.88. The lowest BCUT2D eigenvalue weighted by Crippen LogP contribution is -2.30. The van der Waals surface area contributed by atoms with Gasteiger partial charge in [0.2, 0.25) is 5.91 Å². The summed E-state index contributed by atoms with van der Waals surface area (Å²) in [6.07, 6.45) is -4.15. The van der Waals surface area contributed by atoms with Gasteiger partial charge in [0, 0.05) is 17.4 Å². The number of alkyl halides is 3. The van der Waals surface area contributed by atoms with Crippen LogP contribution in [-0.2, 0) is 25.7 Å². The van der Waals surface area contributed by atoms with E-state index in [2.05, 4.69) is 10.1 Å². The minimum Gasteiger partial charge on any atom is -0.452 e. The molecule has 0 aliphatic heterocycles. The molecule has 8 nitrogen and oxygen atoms in total. The van der Waals surface area contributed by atoms with Crippen LogP contribution in [0.2, 0.25) is 0 Å². The summed E-state index contributed by atoms with van der Waals surface area (Å²) in [7, 11) is -3.13. The van der Waals surface area contributed by atoms with E-state index in [9.17, 15) is 31.2 Å². The molecule has 0 aliphatic carbocycles. The lowest BCUT2D eigenvalue weighted by molar-refractivity contribution is -0.137. The first-order chi connectivity index (χ1) is 14.9. The van der Waals surface area contributed by atoms with Gasteiger partial charge in [0.15, 0.2) is 0 Å². The van der Waals surface area contributed by atoms with Crippen molar-refractivity contribution in [1.29, 1.82) is 0 Å². The third-order valence-corrected chi connectivity index (χ3v) is 6.01. The van der Waals surface area contributed by atoms with Crippen molar-refractivity contribution in [2.45, 2.75) is 24.0 Å². The Labute approximate surface area is 181 Å². The maximum atomic E-state index is 13.0. The summed E-state index contributed by atoms with van der Waals surface area (Å²) >= 11 is 0. The number of sulfonamides is 1. The van der Waals surface area contributed by atoms with Gasteiger partial charge in [-0.2, -0.15) is 13.2 Å².